The third kappa shape index (κ3) is 3.90. The average Bonchev–Trinajstić information content (AvgIpc) is 2.58. The zero-order chi connectivity index (χ0) is 13.1. The van der Waals surface area contributed by atoms with Crippen LogP contribution in [-0.2, 0) is 16.6 Å². The lowest BCUT2D eigenvalue weighted by molar-refractivity contribution is -0.106. The highest BCUT2D eigenvalue weighted by atomic mass is 16.6. The number of anilines is 1. The summed E-state index contributed by atoms with van der Waals surface area (Å²) in [7, 11) is 1.73. The zero-order valence-corrected chi connectivity index (χ0v) is 10.5. The van der Waals surface area contributed by atoms with Crippen LogP contribution in [0.15, 0.2) is 12.4 Å². The number of ether oxygens (including phenoxy) is 1. The maximum atomic E-state index is 11.9. The van der Waals surface area contributed by atoms with Crippen molar-refractivity contribution in [2.24, 2.45) is 7.05 Å². The van der Waals surface area contributed by atoms with E-state index in [9.17, 15) is 9.59 Å². The molecule has 1 heterocycles. The number of nitrogens with zero attached hydrogens (tertiary/aromatic N) is 3. The van der Waals surface area contributed by atoms with Crippen LogP contribution in [0, 0.1) is 0 Å². The SMILES string of the molecule is Cn1cc(N(CC=O)C(=O)OC(C)(C)C)cn1. The molecule has 6 nitrogen and oxygen atoms in total. The van der Waals surface area contributed by atoms with E-state index < -0.39 is 11.7 Å². The van der Waals surface area contributed by atoms with Gasteiger partial charge in [0.15, 0.2) is 0 Å². The van der Waals surface area contributed by atoms with E-state index in [2.05, 4.69) is 5.10 Å². The van der Waals surface area contributed by atoms with E-state index in [1.54, 1.807) is 38.7 Å². The Labute approximate surface area is 100 Å². The molecule has 1 rings (SSSR count). The minimum absolute atomic E-state index is 0.0550. The summed E-state index contributed by atoms with van der Waals surface area (Å²) in [5.74, 6) is 0. The minimum atomic E-state index is -0.597. The summed E-state index contributed by atoms with van der Waals surface area (Å²) in [6.07, 6.45) is 3.25. The van der Waals surface area contributed by atoms with Gasteiger partial charge in [-0.2, -0.15) is 5.10 Å². The van der Waals surface area contributed by atoms with Gasteiger partial charge in [-0.25, -0.2) is 4.79 Å². The van der Waals surface area contributed by atoms with Gasteiger partial charge in [-0.05, 0) is 20.8 Å². The Bertz CT molecular complexity index is 406. The van der Waals surface area contributed by atoms with Crippen LogP contribution in [0.2, 0.25) is 0 Å². The van der Waals surface area contributed by atoms with Gasteiger partial charge in [0, 0.05) is 13.2 Å². The summed E-state index contributed by atoms with van der Waals surface area (Å²) < 4.78 is 6.76. The predicted molar refractivity (Wildman–Crippen MR) is 62.9 cm³/mol. The molecule has 6 heteroatoms. The van der Waals surface area contributed by atoms with Gasteiger partial charge in [0.05, 0.1) is 18.4 Å². The lowest BCUT2D eigenvalue weighted by atomic mass is 10.2. The van der Waals surface area contributed by atoms with Crippen molar-refractivity contribution in [3.05, 3.63) is 12.4 Å². The van der Waals surface area contributed by atoms with Crippen molar-refractivity contribution in [1.82, 2.24) is 9.78 Å². The van der Waals surface area contributed by atoms with Gasteiger partial charge in [0.1, 0.15) is 11.9 Å². The molecule has 94 valence electrons. The Morgan fingerprint density at radius 1 is 1.59 bits per heavy atom. The summed E-state index contributed by atoms with van der Waals surface area (Å²) in [4.78, 5) is 23.7. The highest BCUT2D eigenvalue weighted by Gasteiger charge is 2.23. The Balaban J connectivity index is 2.86. The predicted octanol–water partition coefficient (Wildman–Crippen LogP) is 1.36. The molecule has 0 N–H and O–H groups in total. The molecule has 0 saturated heterocycles. The van der Waals surface area contributed by atoms with Crippen LogP contribution in [0.25, 0.3) is 0 Å². The van der Waals surface area contributed by atoms with E-state index in [0.29, 0.717) is 12.0 Å². The van der Waals surface area contributed by atoms with E-state index in [4.69, 9.17) is 4.74 Å². The van der Waals surface area contributed by atoms with Crippen molar-refractivity contribution in [3.8, 4) is 0 Å². The Hall–Kier alpha value is -1.85. The van der Waals surface area contributed by atoms with Crippen molar-refractivity contribution in [2.45, 2.75) is 26.4 Å². The fraction of sp³-hybridized carbons (Fsp3) is 0.545. The minimum Gasteiger partial charge on any atom is -0.443 e. The molecule has 1 amide bonds. The number of hydrogen-bond donors (Lipinski definition) is 0. The van der Waals surface area contributed by atoms with Crippen molar-refractivity contribution >= 4 is 18.1 Å². The van der Waals surface area contributed by atoms with E-state index >= 15 is 0 Å². The first-order valence-electron chi connectivity index (χ1n) is 5.26. The largest absolute Gasteiger partial charge is 0.443 e. The molecule has 0 fully saturated rings. The van der Waals surface area contributed by atoms with Crippen LogP contribution < -0.4 is 4.90 Å². The first-order chi connectivity index (χ1) is 7.83. The molecule has 1 aromatic heterocycles. The average molecular weight is 239 g/mol. The van der Waals surface area contributed by atoms with Gasteiger partial charge in [-0.15, -0.1) is 0 Å². The highest BCUT2D eigenvalue weighted by Crippen LogP contribution is 2.16. The molecule has 17 heavy (non-hydrogen) atoms. The third-order valence-electron chi connectivity index (χ3n) is 1.87. The molecule has 0 aromatic carbocycles. The van der Waals surface area contributed by atoms with E-state index in [1.807, 2.05) is 0 Å². The number of aldehydes is 1. The number of rotatable bonds is 3. The number of carbonyl (C=O) groups excluding carboxylic acids is 2. The molecule has 0 spiro atoms. The molecule has 0 bridgehead atoms. The van der Waals surface area contributed by atoms with Crippen LogP contribution in [0.1, 0.15) is 20.8 Å². The van der Waals surface area contributed by atoms with Crippen LogP contribution in [0.4, 0.5) is 10.5 Å². The van der Waals surface area contributed by atoms with Gasteiger partial charge < -0.3 is 9.53 Å². The van der Waals surface area contributed by atoms with Crippen molar-refractivity contribution in [2.75, 3.05) is 11.4 Å². The zero-order valence-electron chi connectivity index (χ0n) is 10.5. The standard InChI is InChI=1S/C11H17N3O3/c1-11(2,3)17-10(16)14(5-6-15)9-7-12-13(4)8-9/h6-8H,5H2,1-4H3. The molecule has 0 aliphatic heterocycles. The van der Waals surface area contributed by atoms with Gasteiger partial charge in [0.25, 0.3) is 0 Å². The van der Waals surface area contributed by atoms with Crippen LogP contribution >= 0.6 is 0 Å². The monoisotopic (exact) mass is 239 g/mol. The van der Waals surface area contributed by atoms with E-state index in [1.165, 1.54) is 11.1 Å². The maximum absolute atomic E-state index is 11.9. The summed E-state index contributed by atoms with van der Waals surface area (Å²) in [5, 5.41) is 3.95. The second-order valence-electron chi connectivity index (χ2n) is 4.63. The quantitative estimate of drug-likeness (QED) is 0.747. The van der Waals surface area contributed by atoms with Gasteiger partial charge in [0.2, 0.25) is 0 Å². The van der Waals surface area contributed by atoms with Crippen LogP contribution in [0.3, 0.4) is 0 Å². The molecule has 0 saturated carbocycles. The summed E-state index contributed by atoms with van der Waals surface area (Å²) in [5.41, 5.74) is -0.0608. The molecular weight excluding hydrogens is 222 g/mol. The topological polar surface area (TPSA) is 64.4 Å². The molecule has 0 aliphatic carbocycles. The molecule has 0 aliphatic rings. The lowest BCUT2D eigenvalue weighted by Gasteiger charge is -2.25. The lowest BCUT2D eigenvalue weighted by Crippen LogP contribution is -2.37. The fourth-order valence-corrected chi connectivity index (χ4v) is 1.22. The number of aromatic nitrogens is 2. The number of carbonyl (C=O) groups is 2. The second-order valence-corrected chi connectivity index (χ2v) is 4.63. The second kappa shape index (κ2) is 4.99. The third-order valence-corrected chi connectivity index (χ3v) is 1.87. The van der Waals surface area contributed by atoms with Crippen LogP contribution in [0.5, 0.6) is 0 Å². The molecular formula is C11H17N3O3. The fourth-order valence-electron chi connectivity index (χ4n) is 1.22. The number of hydrogen-bond acceptors (Lipinski definition) is 4. The number of aryl methyl sites for hydroxylation is 1. The van der Waals surface area contributed by atoms with Gasteiger partial charge in [-0.1, -0.05) is 0 Å². The summed E-state index contributed by atoms with van der Waals surface area (Å²) >= 11 is 0. The Morgan fingerprint density at radius 3 is 2.65 bits per heavy atom. The van der Waals surface area contributed by atoms with E-state index in [-0.39, 0.29) is 6.54 Å². The molecule has 0 radical (unpaired) electrons. The first kappa shape index (κ1) is 13.2. The van der Waals surface area contributed by atoms with Gasteiger partial charge >= 0.3 is 6.09 Å². The molecule has 0 unspecified atom stereocenters. The summed E-state index contributed by atoms with van der Waals surface area (Å²) in [6, 6.07) is 0. The van der Waals surface area contributed by atoms with Gasteiger partial charge in [-0.3, -0.25) is 9.58 Å². The normalized spacial score (nSPS) is 11.1. The van der Waals surface area contributed by atoms with Crippen molar-refractivity contribution in [3.63, 3.8) is 0 Å². The van der Waals surface area contributed by atoms with Crippen molar-refractivity contribution in [1.29, 1.82) is 0 Å². The molecule has 1 aromatic rings. The molecule has 0 atom stereocenters. The maximum Gasteiger partial charge on any atom is 0.415 e. The Kier molecular flexibility index (Phi) is 3.88. The van der Waals surface area contributed by atoms with Crippen molar-refractivity contribution < 1.29 is 14.3 Å². The summed E-state index contributed by atoms with van der Waals surface area (Å²) in [6.45, 7) is 5.26. The van der Waals surface area contributed by atoms with Crippen LogP contribution in [-0.4, -0.2) is 34.3 Å². The Morgan fingerprint density at radius 2 is 2.24 bits per heavy atom. The smallest absolute Gasteiger partial charge is 0.415 e. The van der Waals surface area contributed by atoms with E-state index in [0.717, 1.165) is 0 Å². The highest BCUT2D eigenvalue weighted by molar-refractivity contribution is 5.90. The first-order valence-corrected chi connectivity index (χ1v) is 5.26. The number of amides is 1.